The summed E-state index contributed by atoms with van der Waals surface area (Å²) in [6.07, 6.45) is 1.61. The molecule has 158 valence electrons. The average molecular weight is 414 g/mol. The molecule has 1 fully saturated rings. The number of hydrogen-bond acceptors (Lipinski definition) is 8. The second-order valence-corrected chi connectivity index (χ2v) is 9.11. The van der Waals surface area contributed by atoms with Gasteiger partial charge >= 0.3 is 0 Å². The van der Waals surface area contributed by atoms with E-state index in [0.717, 1.165) is 36.4 Å². The molecule has 0 saturated carbocycles. The van der Waals surface area contributed by atoms with Crippen molar-refractivity contribution in [3.63, 3.8) is 0 Å². The zero-order valence-corrected chi connectivity index (χ0v) is 17.5. The van der Waals surface area contributed by atoms with Crippen molar-refractivity contribution in [2.75, 3.05) is 44.4 Å². The molecule has 0 radical (unpaired) electrons. The molecule has 0 aliphatic carbocycles. The Bertz CT molecular complexity index is 798. The monoisotopic (exact) mass is 413 g/mol. The van der Waals surface area contributed by atoms with Gasteiger partial charge in [0.15, 0.2) is 5.82 Å². The van der Waals surface area contributed by atoms with Crippen molar-refractivity contribution in [2.45, 2.75) is 39.8 Å². The third-order valence-corrected chi connectivity index (χ3v) is 6.83. The molecule has 0 unspecified atom stereocenters. The molecule has 0 bridgehead atoms. The van der Waals surface area contributed by atoms with Crippen LogP contribution < -0.4 is 5.73 Å². The minimum atomic E-state index is -2.53. The number of anilines is 1. The summed E-state index contributed by atoms with van der Waals surface area (Å²) >= 11 is 0. The van der Waals surface area contributed by atoms with Gasteiger partial charge in [0.2, 0.25) is 0 Å². The fourth-order valence-electron chi connectivity index (χ4n) is 3.44. The highest BCUT2D eigenvalue weighted by atomic mass is 32.3. The minimum absolute atomic E-state index is 0.413. The number of aromatic nitrogens is 3. The molecule has 0 atom stereocenters. The molecule has 2 aromatic heterocycles. The molecule has 3 heterocycles. The van der Waals surface area contributed by atoms with Crippen LogP contribution in [0.2, 0.25) is 0 Å². The summed E-state index contributed by atoms with van der Waals surface area (Å²) < 4.78 is 35.0. The highest BCUT2D eigenvalue weighted by Gasteiger charge is 2.27. The van der Waals surface area contributed by atoms with E-state index in [0.29, 0.717) is 56.6 Å². The molecular weight excluding hydrogens is 382 g/mol. The topological polar surface area (TPSA) is 119 Å². The molecule has 1 saturated heterocycles. The van der Waals surface area contributed by atoms with Crippen LogP contribution in [0.25, 0.3) is 11.0 Å². The molecule has 0 amide bonds. The summed E-state index contributed by atoms with van der Waals surface area (Å²) in [5.74, 6) is 1.73. The van der Waals surface area contributed by atoms with Crippen molar-refractivity contribution >= 4 is 27.6 Å². The molecule has 4 N–H and O–H groups in total. The van der Waals surface area contributed by atoms with E-state index in [4.69, 9.17) is 15.2 Å². The Morgan fingerprint density at radius 2 is 2.04 bits per heavy atom. The van der Waals surface area contributed by atoms with Crippen LogP contribution in [0.4, 0.5) is 5.82 Å². The number of fused-ring (bicyclic) bond motifs is 1. The lowest BCUT2D eigenvalue weighted by molar-refractivity contribution is 0.110. The van der Waals surface area contributed by atoms with Gasteiger partial charge in [0.25, 0.3) is 0 Å². The summed E-state index contributed by atoms with van der Waals surface area (Å²) in [6.45, 7) is 8.02. The number of imidazole rings is 1. The Balaban J connectivity index is 1.55. The number of aryl methyl sites for hydroxylation is 1. The summed E-state index contributed by atoms with van der Waals surface area (Å²) in [4.78, 5) is 8.90. The van der Waals surface area contributed by atoms with E-state index in [1.54, 1.807) is 4.31 Å². The van der Waals surface area contributed by atoms with Crippen LogP contribution in [0.15, 0.2) is 6.07 Å². The predicted octanol–water partition coefficient (Wildman–Crippen LogP) is 2.64. The van der Waals surface area contributed by atoms with Crippen LogP contribution in [-0.4, -0.2) is 66.6 Å². The number of nitrogen functional groups attached to an aromatic ring is 1. The van der Waals surface area contributed by atoms with Gasteiger partial charge in [-0.2, -0.15) is 0 Å². The summed E-state index contributed by atoms with van der Waals surface area (Å²) in [5, 5.41) is 0. The van der Waals surface area contributed by atoms with Gasteiger partial charge in [-0.25, -0.2) is 14.3 Å². The van der Waals surface area contributed by atoms with Crippen LogP contribution >= 0.6 is 10.8 Å². The SMILES string of the molecule is CCOCc1nc2c(N)nc(C)cc2n1CCOCCCN1CCCS1(O)O. The van der Waals surface area contributed by atoms with Gasteiger partial charge in [-0.15, -0.1) is 10.8 Å². The molecule has 1 aliphatic rings. The molecule has 0 spiro atoms. The van der Waals surface area contributed by atoms with E-state index < -0.39 is 10.8 Å². The predicted molar refractivity (Wildman–Crippen MR) is 111 cm³/mol. The largest absolute Gasteiger partial charge is 0.382 e. The Hall–Kier alpha value is -1.43. The molecule has 3 rings (SSSR count). The van der Waals surface area contributed by atoms with Crippen molar-refractivity contribution in [3.8, 4) is 0 Å². The first kappa shape index (κ1) is 21.3. The second-order valence-electron chi connectivity index (χ2n) is 6.92. The second kappa shape index (κ2) is 9.38. The number of ether oxygens (including phenoxy) is 2. The van der Waals surface area contributed by atoms with Crippen molar-refractivity contribution in [1.29, 1.82) is 0 Å². The Morgan fingerprint density at radius 3 is 2.75 bits per heavy atom. The van der Waals surface area contributed by atoms with E-state index in [-0.39, 0.29) is 0 Å². The average Bonchev–Trinajstić information content (AvgIpc) is 3.16. The lowest BCUT2D eigenvalue weighted by Crippen LogP contribution is -2.24. The zero-order chi connectivity index (χ0) is 20.1. The van der Waals surface area contributed by atoms with E-state index in [9.17, 15) is 9.11 Å². The lowest BCUT2D eigenvalue weighted by atomic mass is 10.3. The number of hydrogen-bond donors (Lipinski definition) is 3. The Labute approximate surface area is 167 Å². The van der Waals surface area contributed by atoms with Gasteiger partial charge < -0.3 is 19.8 Å². The smallest absolute Gasteiger partial charge is 0.151 e. The number of nitrogens with zero attached hydrogens (tertiary/aromatic N) is 4. The number of nitrogens with two attached hydrogens (primary N) is 1. The number of rotatable bonds is 10. The van der Waals surface area contributed by atoms with Crippen LogP contribution in [-0.2, 0) is 22.6 Å². The maximum Gasteiger partial charge on any atom is 0.151 e. The zero-order valence-electron chi connectivity index (χ0n) is 16.6. The van der Waals surface area contributed by atoms with Crippen LogP contribution in [0, 0.1) is 6.92 Å². The summed E-state index contributed by atoms with van der Waals surface area (Å²) in [7, 11) is -2.53. The summed E-state index contributed by atoms with van der Waals surface area (Å²) in [6, 6.07) is 1.98. The van der Waals surface area contributed by atoms with Crippen LogP contribution in [0.1, 0.15) is 31.3 Å². The highest BCUT2D eigenvalue weighted by Crippen LogP contribution is 2.48. The Kier molecular flexibility index (Phi) is 7.13. The van der Waals surface area contributed by atoms with E-state index >= 15 is 0 Å². The van der Waals surface area contributed by atoms with Crippen molar-refractivity contribution in [2.24, 2.45) is 0 Å². The molecule has 9 nitrogen and oxygen atoms in total. The fraction of sp³-hybridized carbons (Fsp3) is 0.667. The lowest BCUT2D eigenvalue weighted by Gasteiger charge is -2.36. The van der Waals surface area contributed by atoms with Crippen LogP contribution in [0.5, 0.6) is 0 Å². The molecule has 0 aromatic carbocycles. The van der Waals surface area contributed by atoms with Crippen LogP contribution in [0.3, 0.4) is 0 Å². The van der Waals surface area contributed by atoms with Gasteiger partial charge in [-0.3, -0.25) is 9.11 Å². The third kappa shape index (κ3) is 4.94. The molecule has 10 heteroatoms. The van der Waals surface area contributed by atoms with E-state index in [1.807, 2.05) is 19.9 Å². The van der Waals surface area contributed by atoms with Gasteiger partial charge in [0.05, 0.1) is 17.9 Å². The Morgan fingerprint density at radius 1 is 1.21 bits per heavy atom. The first-order valence-corrected chi connectivity index (χ1v) is 11.4. The normalized spacial score (nSPS) is 18.1. The maximum atomic E-state index is 9.92. The van der Waals surface area contributed by atoms with Gasteiger partial charge in [0.1, 0.15) is 17.9 Å². The van der Waals surface area contributed by atoms with Crippen molar-refractivity contribution < 1.29 is 18.6 Å². The highest BCUT2D eigenvalue weighted by molar-refractivity contribution is 8.22. The number of pyridine rings is 1. The van der Waals surface area contributed by atoms with Crippen molar-refractivity contribution in [3.05, 3.63) is 17.6 Å². The first-order valence-electron chi connectivity index (χ1n) is 9.71. The third-order valence-electron chi connectivity index (χ3n) is 4.80. The summed E-state index contributed by atoms with van der Waals surface area (Å²) in [5.41, 5.74) is 8.52. The van der Waals surface area contributed by atoms with Gasteiger partial charge in [-0.1, -0.05) is 0 Å². The maximum absolute atomic E-state index is 9.92. The van der Waals surface area contributed by atoms with Gasteiger partial charge in [0, 0.05) is 38.5 Å². The van der Waals surface area contributed by atoms with E-state index in [1.165, 1.54) is 0 Å². The van der Waals surface area contributed by atoms with E-state index in [2.05, 4.69) is 14.5 Å². The van der Waals surface area contributed by atoms with Crippen molar-refractivity contribution in [1.82, 2.24) is 18.8 Å². The quantitative estimate of drug-likeness (QED) is 0.509. The molecule has 1 aliphatic heterocycles. The fourth-order valence-corrected chi connectivity index (χ4v) is 5.06. The molecule has 28 heavy (non-hydrogen) atoms. The first-order chi connectivity index (χ1) is 13.4. The standard InChI is InChI=1S/C18H31N5O4S/c1-3-26-13-16-21-17-15(12-14(2)20-18(17)19)23(16)8-10-27-9-4-6-22-7-5-11-28(22,24)25/h12,24-25H,3-11,13H2,1-2H3,(H2,19,20). The molecule has 2 aromatic rings. The molecular formula is C18H31N5O4S. The van der Waals surface area contributed by atoms with Gasteiger partial charge in [-0.05, 0) is 32.8 Å². The minimum Gasteiger partial charge on any atom is -0.382 e.